The van der Waals surface area contributed by atoms with Gasteiger partial charge in [0, 0.05) is 23.5 Å². The smallest absolute Gasteiger partial charge is 0.0410 e. The SMILES string of the molecule is CC(C)N1CC2(CC2)c2ccccc2C1(C)C. The Balaban J connectivity index is 2.15. The third kappa shape index (κ3) is 1.48. The molecule has 2 aliphatic rings. The lowest BCUT2D eigenvalue weighted by Crippen LogP contribution is -2.53. The van der Waals surface area contributed by atoms with Crippen LogP contribution in [0.15, 0.2) is 24.3 Å². The molecule has 1 heterocycles. The topological polar surface area (TPSA) is 3.24 Å². The molecule has 0 bridgehead atoms. The molecule has 1 spiro atoms. The molecule has 1 saturated carbocycles. The van der Waals surface area contributed by atoms with E-state index in [1.54, 1.807) is 11.1 Å². The fraction of sp³-hybridized carbons (Fsp3) is 0.625. The van der Waals surface area contributed by atoms with Crippen molar-refractivity contribution in [1.82, 2.24) is 4.90 Å². The predicted octanol–water partition coefficient (Wildman–Crippen LogP) is 3.68. The summed E-state index contributed by atoms with van der Waals surface area (Å²) in [6, 6.07) is 9.72. The number of nitrogens with zero attached hydrogens (tertiary/aromatic N) is 1. The summed E-state index contributed by atoms with van der Waals surface area (Å²) in [6.07, 6.45) is 2.76. The van der Waals surface area contributed by atoms with Crippen molar-refractivity contribution in [3.8, 4) is 0 Å². The first kappa shape index (κ1) is 11.3. The van der Waals surface area contributed by atoms with Crippen molar-refractivity contribution in [3.05, 3.63) is 35.4 Å². The largest absolute Gasteiger partial charge is 0.291 e. The Morgan fingerprint density at radius 2 is 1.65 bits per heavy atom. The summed E-state index contributed by atoms with van der Waals surface area (Å²) in [5, 5.41) is 0. The summed E-state index contributed by atoms with van der Waals surface area (Å²) >= 11 is 0. The third-order valence-corrected chi connectivity index (χ3v) is 4.83. The van der Waals surface area contributed by atoms with Gasteiger partial charge in [-0.05, 0) is 51.7 Å². The summed E-state index contributed by atoms with van der Waals surface area (Å²) < 4.78 is 0. The molecule has 0 N–H and O–H groups in total. The first-order valence-electron chi connectivity index (χ1n) is 6.84. The van der Waals surface area contributed by atoms with E-state index < -0.39 is 0 Å². The van der Waals surface area contributed by atoms with Crippen LogP contribution in [0.1, 0.15) is 51.7 Å². The van der Waals surface area contributed by atoms with E-state index in [1.807, 2.05) is 0 Å². The van der Waals surface area contributed by atoms with E-state index in [9.17, 15) is 0 Å². The molecular formula is C16H23N. The Morgan fingerprint density at radius 3 is 2.18 bits per heavy atom. The number of hydrogen-bond acceptors (Lipinski definition) is 1. The Bertz CT molecular complexity index is 441. The molecule has 1 aromatic rings. The van der Waals surface area contributed by atoms with Crippen LogP contribution in [-0.4, -0.2) is 17.5 Å². The second kappa shape index (κ2) is 3.35. The van der Waals surface area contributed by atoms with Gasteiger partial charge in [0.05, 0.1) is 0 Å². The molecule has 1 nitrogen and oxygen atoms in total. The Morgan fingerprint density at radius 1 is 1.06 bits per heavy atom. The van der Waals surface area contributed by atoms with E-state index in [4.69, 9.17) is 0 Å². The summed E-state index contributed by atoms with van der Waals surface area (Å²) in [4.78, 5) is 2.68. The fourth-order valence-corrected chi connectivity index (χ4v) is 3.65. The second-order valence-corrected chi connectivity index (χ2v) is 6.61. The lowest BCUT2D eigenvalue weighted by molar-refractivity contribution is 0.0552. The first-order valence-corrected chi connectivity index (χ1v) is 6.84. The molecule has 3 rings (SSSR count). The van der Waals surface area contributed by atoms with Gasteiger partial charge in [-0.1, -0.05) is 24.3 Å². The van der Waals surface area contributed by atoms with Crippen LogP contribution in [-0.2, 0) is 11.0 Å². The summed E-state index contributed by atoms with van der Waals surface area (Å²) in [6.45, 7) is 10.6. The molecule has 1 aliphatic heterocycles. The van der Waals surface area contributed by atoms with Crippen molar-refractivity contribution in [1.29, 1.82) is 0 Å². The average Bonchev–Trinajstić information content (AvgIpc) is 3.05. The van der Waals surface area contributed by atoms with Gasteiger partial charge in [0.2, 0.25) is 0 Å². The zero-order chi connectivity index (χ0) is 12.3. The zero-order valence-corrected chi connectivity index (χ0v) is 11.5. The van der Waals surface area contributed by atoms with Crippen LogP contribution in [0.5, 0.6) is 0 Å². The number of benzene rings is 1. The van der Waals surface area contributed by atoms with Gasteiger partial charge in [0.15, 0.2) is 0 Å². The van der Waals surface area contributed by atoms with Crippen molar-refractivity contribution in [2.24, 2.45) is 0 Å². The normalized spacial score (nSPS) is 25.0. The van der Waals surface area contributed by atoms with Crippen LogP contribution in [0.4, 0.5) is 0 Å². The van der Waals surface area contributed by atoms with Crippen molar-refractivity contribution in [3.63, 3.8) is 0 Å². The van der Waals surface area contributed by atoms with Crippen LogP contribution < -0.4 is 0 Å². The maximum absolute atomic E-state index is 2.68. The highest BCUT2D eigenvalue weighted by Crippen LogP contribution is 2.56. The third-order valence-electron chi connectivity index (χ3n) is 4.83. The molecule has 0 atom stereocenters. The molecule has 1 aromatic carbocycles. The highest BCUT2D eigenvalue weighted by molar-refractivity contribution is 5.45. The number of hydrogen-bond donors (Lipinski definition) is 0. The highest BCUT2D eigenvalue weighted by Gasteiger charge is 2.53. The monoisotopic (exact) mass is 229 g/mol. The Hall–Kier alpha value is -0.820. The summed E-state index contributed by atoms with van der Waals surface area (Å²) in [5.41, 5.74) is 3.86. The minimum absolute atomic E-state index is 0.179. The molecule has 92 valence electrons. The zero-order valence-electron chi connectivity index (χ0n) is 11.5. The van der Waals surface area contributed by atoms with Crippen LogP contribution >= 0.6 is 0 Å². The van der Waals surface area contributed by atoms with Gasteiger partial charge in [-0.15, -0.1) is 0 Å². The quantitative estimate of drug-likeness (QED) is 0.710. The lowest BCUT2D eigenvalue weighted by Gasteiger charge is -2.49. The van der Waals surface area contributed by atoms with Crippen LogP contribution in [0, 0.1) is 0 Å². The van der Waals surface area contributed by atoms with E-state index >= 15 is 0 Å². The number of fused-ring (bicyclic) bond motifs is 2. The van der Waals surface area contributed by atoms with Gasteiger partial charge in [0.25, 0.3) is 0 Å². The van der Waals surface area contributed by atoms with Crippen LogP contribution in [0.2, 0.25) is 0 Å². The van der Waals surface area contributed by atoms with Gasteiger partial charge < -0.3 is 0 Å². The van der Waals surface area contributed by atoms with Gasteiger partial charge in [-0.2, -0.15) is 0 Å². The van der Waals surface area contributed by atoms with Crippen molar-refractivity contribution < 1.29 is 0 Å². The van der Waals surface area contributed by atoms with E-state index in [2.05, 4.69) is 56.9 Å². The second-order valence-electron chi connectivity index (χ2n) is 6.61. The fourth-order valence-electron chi connectivity index (χ4n) is 3.65. The van der Waals surface area contributed by atoms with Crippen LogP contribution in [0.25, 0.3) is 0 Å². The van der Waals surface area contributed by atoms with E-state index in [1.165, 1.54) is 19.4 Å². The Kier molecular flexibility index (Phi) is 2.22. The molecule has 1 fully saturated rings. The van der Waals surface area contributed by atoms with Gasteiger partial charge >= 0.3 is 0 Å². The first-order chi connectivity index (χ1) is 7.97. The molecule has 0 radical (unpaired) electrons. The van der Waals surface area contributed by atoms with E-state index in [-0.39, 0.29) is 5.54 Å². The van der Waals surface area contributed by atoms with Gasteiger partial charge in [0.1, 0.15) is 0 Å². The molecular weight excluding hydrogens is 206 g/mol. The molecule has 1 aliphatic carbocycles. The predicted molar refractivity (Wildman–Crippen MR) is 72.2 cm³/mol. The average molecular weight is 229 g/mol. The van der Waals surface area contributed by atoms with Crippen LogP contribution in [0.3, 0.4) is 0 Å². The minimum Gasteiger partial charge on any atom is -0.291 e. The van der Waals surface area contributed by atoms with Crippen molar-refractivity contribution in [2.45, 2.75) is 57.5 Å². The van der Waals surface area contributed by atoms with E-state index in [0.717, 1.165) is 0 Å². The minimum atomic E-state index is 0.179. The highest BCUT2D eigenvalue weighted by atomic mass is 15.2. The maximum Gasteiger partial charge on any atom is 0.0410 e. The molecule has 1 heteroatoms. The van der Waals surface area contributed by atoms with Crippen molar-refractivity contribution >= 4 is 0 Å². The summed E-state index contributed by atoms with van der Waals surface area (Å²) in [7, 11) is 0. The maximum atomic E-state index is 2.68. The van der Waals surface area contributed by atoms with Gasteiger partial charge in [-0.3, -0.25) is 4.90 Å². The summed E-state index contributed by atoms with van der Waals surface area (Å²) in [5.74, 6) is 0. The molecule has 0 aromatic heterocycles. The van der Waals surface area contributed by atoms with E-state index in [0.29, 0.717) is 11.5 Å². The lowest BCUT2D eigenvalue weighted by atomic mass is 9.76. The standard InChI is InChI=1S/C16H23N/c1-12(2)17-11-16(9-10-16)14-8-6-5-7-13(14)15(17,3)4/h5-8,12H,9-11H2,1-4H3. The molecule has 0 unspecified atom stereocenters. The van der Waals surface area contributed by atoms with Gasteiger partial charge in [-0.25, -0.2) is 0 Å². The Labute approximate surface area is 105 Å². The van der Waals surface area contributed by atoms with Crippen molar-refractivity contribution in [2.75, 3.05) is 6.54 Å². The number of rotatable bonds is 1. The molecule has 0 amide bonds. The molecule has 17 heavy (non-hydrogen) atoms. The molecule has 0 saturated heterocycles.